The number of urea groups is 1. The van der Waals surface area contributed by atoms with Gasteiger partial charge in [-0.2, -0.15) is 0 Å². The Morgan fingerprint density at radius 2 is 2.15 bits per heavy atom. The number of carboxylic acid groups (broad SMARTS) is 1. The fraction of sp³-hybridized carbons (Fsp3) is 0.200. The molecule has 0 bridgehead atoms. The van der Waals surface area contributed by atoms with Gasteiger partial charge in [0.2, 0.25) is 0 Å². The van der Waals surface area contributed by atoms with Crippen molar-refractivity contribution in [1.82, 2.24) is 5.48 Å². The van der Waals surface area contributed by atoms with Crippen LogP contribution in [0.3, 0.4) is 0 Å². The number of benzene rings is 1. The molecular weight excluding hydrogens is 338 g/mol. The van der Waals surface area contributed by atoms with E-state index in [-0.39, 0.29) is 11.4 Å². The van der Waals surface area contributed by atoms with E-state index >= 15 is 0 Å². The molecule has 20 heavy (non-hydrogen) atoms. The van der Waals surface area contributed by atoms with Crippen molar-refractivity contribution in [2.45, 2.75) is 6.92 Å². The number of aryl methyl sites for hydroxylation is 1. The fourth-order valence-corrected chi connectivity index (χ4v) is 1.82. The maximum absolute atomic E-state index is 11.4. The zero-order valence-corrected chi connectivity index (χ0v) is 11.8. The van der Waals surface area contributed by atoms with Crippen molar-refractivity contribution in [2.24, 2.45) is 0 Å². The molecule has 0 atom stereocenters. The Labute approximate surface area is 121 Å². The summed E-state index contributed by atoms with van der Waals surface area (Å²) in [5, 5.41) is 21.4. The lowest BCUT2D eigenvalue weighted by molar-refractivity contribution is -0.385. The lowest BCUT2D eigenvalue weighted by Crippen LogP contribution is -2.31. The first-order chi connectivity index (χ1) is 9.31. The Bertz CT molecular complexity index is 562. The normalized spacial score (nSPS) is 9.90. The van der Waals surface area contributed by atoms with Crippen molar-refractivity contribution >= 4 is 39.3 Å². The van der Waals surface area contributed by atoms with Gasteiger partial charge < -0.3 is 10.4 Å². The van der Waals surface area contributed by atoms with Crippen molar-refractivity contribution in [1.29, 1.82) is 0 Å². The molecule has 1 rings (SSSR count). The third kappa shape index (κ3) is 4.48. The Kier molecular flexibility index (Phi) is 5.41. The van der Waals surface area contributed by atoms with Gasteiger partial charge in [-0.25, -0.2) is 15.1 Å². The Balaban J connectivity index is 2.76. The predicted octanol–water partition coefficient (Wildman–Crippen LogP) is 1.80. The number of nitro groups is 1. The number of nitro benzene ring substituents is 1. The average Bonchev–Trinajstić information content (AvgIpc) is 2.31. The third-order valence-corrected chi connectivity index (χ3v) is 2.75. The molecule has 108 valence electrons. The largest absolute Gasteiger partial charge is 0.479 e. The molecule has 10 heteroatoms. The van der Waals surface area contributed by atoms with Gasteiger partial charge in [-0.3, -0.25) is 15.0 Å². The van der Waals surface area contributed by atoms with Crippen LogP contribution in [0.2, 0.25) is 0 Å². The van der Waals surface area contributed by atoms with Gasteiger partial charge in [0.25, 0.3) is 5.69 Å². The van der Waals surface area contributed by atoms with Crippen LogP contribution in [0.25, 0.3) is 0 Å². The minimum atomic E-state index is -1.25. The van der Waals surface area contributed by atoms with Crippen LogP contribution in [-0.2, 0) is 9.63 Å². The number of hydroxylamine groups is 1. The number of carbonyl (C=O) groups is 2. The highest BCUT2D eigenvalue weighted by atomic mass is 79.9. The molecule has 0 aliphatic heterocycles. The van der Waals surface area contributed by atoms with Gasteiger partial charge in [0.1, 0.15) is 0 Å². The van der Waals surface area contributed by atoms with Gasteiger partial charge in [0.05, 0.1) is 10.6 Å². The highest BCUT2D eigenvalue weighted by Gasteiger charge is 2.15. The van der Waals surface area contributed by atoms with Crippen LogP contribution in [0.15, 0.2) is 16.6 Å². The van der Waals surface area contributed by atoms with Gasteiger partial charge >= 0.3 is 12.0 Å². The van der Waals surface area contributed by atoms with Crippen LogP contribution in [0.4, 0.5) is 16.2 Å². The first kappa shape index (κ1) is 15.9. The summed E-state index contributed by atoms with van der Waals surface area (Å²) in [6.07, 6.45) is 0. The lowest BCUT2D eigenvalue weighted by Gasteiger charge is -2.09. The van der Waals surface area contributed by atoms with Gasteiger partial charge in [-0.1, -0.05) is 0 Å². The van der Waals surface area contributed by atoms with E-state index in [1.165, 1.54) is 12.1 Å². The molecule has 1 aromatic carbocycles. The molecule has 0 fully saturated rings. The Hall–Kier alpha value is -2.20. The third-order valence-electron chi connectivity index (χ3n) is 2.09. The van der Waals surface area contributed by atoms with Gasteiger partial charge in [0, 0.05) is 16.1 Å². The standard InChI is InChI=1S/C10H10BrN3O6/c1-5-2-6(11)7(3-8(5)14(18)19)12-10(17)13-20-4-9(15)16/h2-3H,4H2,1H3,(H,15,16)(H2,12,13,17). The van der Waals surface area contributed by atoms with E-state index in [1.54, 1.807) is 6.92 Å². The molecule has 0 heterocycles. The zero-order valence-electron chi connectivity index (χ0n) is 10.2. The lowest BCUT2D eigenvalue weighted by atomic mass is 10.2. The van der Waals surface area contributed by atoms with Crippen molar-refractivity contribution in [3.05, 3.63) is 32.3 Å². The van der Waals surface area contributed by atoms with E-state index in [4.69, 9.17) is 5.11 Å². The smallest absolute Gasteiger partial charge is 0.343 e. The summed E-state index contributed by atoms with van der Waals surface area (Å²) in [5.74, 6) is -1.25. The highest BCUT2D eigenvalue weighted by Crippen LogP contribution is 2.30. The molecular formula is C10H10BrN3O6. The Morgan fingerprint density at radius 1 is 1.50 bits per heavy atom. The van der Waals surface area contributed by atoms with E-state index < -0.39 is 23.5 Å². The number of anilines is 1. The number of nitrogens with zero attached hydrogens (tertiary/aromatic N) is 1. The van der Waals surface area contributed by atoms with Crippen LogP contribution in [-0.4, -0.2) is 28.6 Å². The fourth-order valence-electron chi connectivity index (χ4n) is 1.26. The summed E-state index contributed by atoms with van der Waals surface area (Å²) >= 11 is 3.15. The van der Waals surface area contributed by atoms with Crippen molar-refractivity contribution in [2.75, 3.05) is 11.9 Å². The highest BCUT2D eigenvalue weighted by molar-refractivity contribution is 9.10. The van der Waals surface area contributed by atoms with E-state index in [1.807, 2.05) is 5.48 Å². The topological polar surface area (TPSA) is 131 Å². The molecule has 3 N–H and O–H groups in total. The first-order valence-corrected chi connectivity index (χ1v) is 5.95. The van der Waals surface area contributed by atoms with Crippen molar-refractivity contribution in [3.63, 3.8) is 0 Å². The van der Waals surface area contributed by atoms with Crippen LogP contribution in [0.1, 0.15) is 5.56 Å². The SMILES string of the molecule is Cc1cc(Br)c(NC(=O)NOCC(=O)O)cc1[N+](=O)[O-]. The molecule has 0 spiro atoms. The van der Waals surface area contributed by atoms with Gasteiger partial charge in [0.15, 0.2) is 6.61 Å². The summed E-state index contributed by atoms with van der Waals surface area (Å²) in [4.78, 5) is 36.1. The Morgan fingerprint density at radius 3 is 2.70 bits per heavy atom. The predicted molar refractivity (Wildman–Crippen MR) is 71.3 cm³/mol. The summed E-state index contributed by atoms with van der Waals surface area (Å²) in [6, 6.07) is 1.80. The monoisotopic (exact) mass is 347 g/mol. The molecule has 0 aromatic heterocycles. The molecule has 0 saturated carbocycles. The molecule has 1 aromatic rings. The van der Waals surface area contributed by atoms with Crippen molar-refractivity contribution in [3.8, 4) is 0 Å². The summed E-state index contributed by atoms with van der Waals surface area (Å²) < 4.78 is 0.439. The summed E-state index contributed by atoms with van der Waals surface area (Å²) in [5.41, 5.74) is 2.25. The van der Waals surface area contributed by atoms with Crippen LogP contribution >= 0.6 is 15.9 Å². The molecule has 0 aliphatic rings. The number of amides is 2. The number of carbonyl (C=O) groups excluding carboxylic acids is 1. The number of nitrogens with one attached hydrogen (secondary N) is 2. The minimum absolute atomic E-state index is 0.152. The first-order valence-electron chi connectivity index (χ1n) is 5.16. The van der Waals surface area contributed by atoms with Crippen LogP contribution in [0.5, 0.6) is 0 Å². The zero-order chi connectivity index (χ0) is 15.3. The number of halogens is 1. The van der Waals surface area contributed by atoms with E-state index in [0.29, 0.717) is 10.0 Å². The summed E-state index contributed by atoms with van der Waals surface area (Å²) in [6.45, 7) is 0.853. The number of hydrogen-bond donors (Lipinski definition) is 3. The van der Waals surface area contributed by atoms with Crippen molar-refractivity contribution < 1.29 is 24.5 Å². The van der Waals surface area contributed by atoms with Gasteiger partial charge in [-0.15, -0.1) is 0 Å². The molecule has 9 nitrogen and oxygen atoms in total. The number of rotatable bonds is 5. The van der Waals surface area contributed by atoms with E-state index in [9.17, 15) is 19.7 Å². The van der Waals surface area contributed by atoms with Crippen LogP contribution in [0, 0.1) is 17.0 Å². The van der Waals surface area contributed by atoms with Crippen LogP contribution < -0.4 is 10.8 Å². The van der Waals surface area contributed by atoms with E-state index in [2.05, 4.69) is 26.1 Å². The molecule has 0 aliphatic carbocycles. The second-order valence-corrected chi connectivity index (χ2v) is 4.47. The maximum atomic E-state index is 11.4. The minimum Gasteiger partial charge on any atom is -0.479 e. The average molecular weight is 348 g/mol. The number of hydrogen-bond acceptors (Lipinski definition) is 5. The molecule has 0 radical (unpaired) electrons. The molecule has 0 unspecified atom stereocenters. The second-order valence-electron chi connectivity index (χ2n) is 3.61. The number of carboxylic acids is 1. The second kappa shape index (κ2) is 6.82. The maximum Gasteiger partial charge on any atom is 0.343 e. The summed E-state index contributed by atoms with van der Waals surface area (Å²) in [7, 11) is 0. The molecule has 0 saturated heterocycles. The van der Waals surface area contributed by atoms with E-state index in [0.717, 1.165) is 0 Å². The number of aliphatic carboxylic acids is 1. The molecule has 2 amide bonds. The van der Waals surface area contributed by atoms with Gasteiger partial charge in [-0.05, 0) is 28.9 Å². The quantitative estimate of drug-likeness (QED) is 0.549.